The predicted molar refractivity (Wildman–Crippen MR) is 105 cm³/mol. The molecule has 1 unspecified atom stereocenters. The van der Waals surface area contributed by atoms with Crippen LogP contribution in [0.3, 0.4) is 0 Å². The number of rotatable bonds is 4. The molecule has 0 aromatic heterocycles. The van der Waals surface area contributed by atoms with Crippen LogP contribution < -0.4 is 15.5 Å². The second-order valence-electron chi connectivity index (χ2n) is 7.07. The Balaban J connectivity index is 1.63. The number of likely N-dealkylation sites (N-methyl/N-ethyl adjacent to an activating group) is 1. The van der Waals surface area contributed by atoms with E-state index in [-0.39, 0.29) is 23.7 Å². The summed E-state index contributed by atoms with van der Waals surface area (Å²) in [7, 11) is 1.68. The number of carbonyl (C=O) groups is 2. The lowest BCUT2D eigenvalue weighted by molar-refractivity contribution is -0.131. The van der Waals surface area contributed by atoms with Gasteiger partial charge in [0.05, 0.1) is 5.57 Å². The van der Waals surface area contributed by atoms with Crippen molar-refractivity contribution in [2.45, 2.75) is 18.4 Å². The molecular formula is C22H19F2N3O3. The van der Waals surface area contributed by atoms with E-state index in [2.05, 4.69) is 10.7 Å². The predicted octanol–water partition coefficient (Wildman–Crippen LogP) is 3.22. The molecule has 2 aliphatic rings. The van der Waals surface area contributed by atoms with Crippen LogP contribution in [0, 0.1) is 5.82 Å². The fourth-order valence-corrected chi connectivity index (χ4v) is 3.62. The number of ether oxygens (including phenoxy) is 1. The number of nitrogens with one attached hydrogen (secondary N) is 2. The number of hydrogen-bond donors (Lipinski definition) is 2. The third-order valence-electron chi connectivity index (χ3n) is 5.13. The lowest BCUT2D eigenvalue weighted by atomic mass is 9.86. The lowest BCUT2D eigenvalue weighted by Gasteiger charge is -2.25. The Kier molecular flexibility index (Phi) is 5.33. The number of hydrogen-bond acceptors (Lipinski definition) is 5. The van der Waals surface area contributed by atoms with Gasteiger partial charge in [-0.3, -0.25) is 4.79 Å². The number of carbonyl (C=O) groups excluding carboxylic acids is 2. The summed E-state index contributed by atoms with van der Waals surface area (Å²) >= 11 is 0. The van der Waals surface area contributed by atoms with E-state index in [1.165, 1.54) is 36.7 Å². The van der Waals surface area contributed by atoms with Crippen LogP contribution in [0.2, 0.25) is 0 Å². The molecule has 0 bridgehead atoms. The van der Waals surface area contributed by atoms with Crippen LogP contribution in [-0.2, 0) is 9.59 Å². The molecule has 0 fully saturated rings. The van der Waals surface area contributed by atoms with Gasteiger partial charge in [0.2, 0.25) is 5.91 Å². The monoisotopic (exact) mass is 411 g/mol. The molecule has 2 heterocycles. The Morgan fingerprint density at radius 3 is 2.53 bits per heavy atom. The molecule has 2 atom stereocenters. The van der Waals surface area contributed by atoms with E-state index >= 15 is 0 Å². The molecular weight excluding hydrogens is 392 g/mol. The molecule has 30 heavy (non-hydrogen) atoms. The van der Waals surface area contributed by atoms with Crippen molar-refractivity contribution < 1.29 is 23.1 Å². The Labute approximate surface area is 171 Å². The Hall–Kier alpha value is -3.52. The van der Waals surface area contributed by atoms with E-state index in [0.29, 0.717) is 11.1 Å². The first kappa shape index (κ1) is 19.8. The second-order valence-corrected chi connectivity index (χ2v) is 7.07. The maximum absolute atomic E-state index is 14.3. The largest absolute Gasteiger partial charge is 0.423 e. The Morgan fingerprint density at radius 2 is 1.83 bits per heavy atom. The van der Waals surface area contributed by atoms with Gasteiger partial charge in [0.25, 0.3) is 0 Å². The summed E-state index contributed by atoms with van der Waals surface area (Å²) in [5, 5.41) is 4.09. The van der Waals surface area contributed by atoms with E-state index in [9.17, 15) is 18.4 Å². The molecule has 154 valence electrons. The van der Waals surface area contributed by atoms with Crippen LogP contribution >= 0.6 is 0 Å². The molecule has 0 radical (unpaired) electrons. The van der Waals surface area contributed by atoms with Crippen molar-refractivity contribution in [3.05, 3.63) is 89.3 Å². The average Bonchev–Trinajstić information content (AvgIpc) is 3.07. The number of nitrogens with zero attached hydrogens (tertiary/aromatic N) is 1. The van der Waals surface area contributed by atoms with Crippen molar-refractivity contribution in [2.75, 3.05) is 7.05 Å². The van der Waals surface area contributed by atoms with Gasteiger partial charge in [-0.25, -0.2) is 18.6 Å². The second kappa shape index (κ2) is 8.08. The van der Waals surface area contributed by atoms with Crippen molar-refractivity contribution in [1.29, 1.82) is 0 Å². The van der Waals surface area contributed by atoms with Crippen molar-refractivity contribution in [2.24, 2.45) is 0 Å². The molecule has 0 saturated carbocycles. The third-order valence-corrected chi connectivity index (χ3v) is 5.13. The molecule has 0 aliphatic carbocycles. The van der Waals surface area contributed by atoms with Gasteiger partial charge in [-0.15, -0.1) is 0 Å². The highest BCUT2D eigenvalue weighted by Gasteiger charge is 2.33. The number of esters is 1. The van der Waals surface area contributed by atoms with Crippen molar-refractivity contribution in [3.8, 4) is 5.75 Å². The standard InChI is InChI=1S/C22H19F2N3O3/c1-27-21(18(24)12-26-27)15-4-2-3-5-19(15)30-22(29)17-11-25-20(28)10-16(17)13-6-8-14(23)9-7-13/h2-9,11-12,16,21,26H,10H2,1H3,(H,25,28)/t16-,21?/m0/s1. The number of para-hydroxylation sites is 1. The first-order valence-electron chi connectivity index (χ1n) is 9.34. The van der Waals surface area contributed by atoms with E-state index < -0.39 is 29.6 Å². The zero-order valence-electron chi connectivity index (χ0n) is 16.1. The maximum atomic E-state index is 14.3. The molecule has 2 aromatic carbocycles. The SMILES string of the molecule is CN1NC=C(F)C1c1ccccc1OC(=O)C1=CNC(=O)C[C@H]1c1ccc(F)cc1. The summed E-state index contributed by atoms with van der Waals surface area (Å²) in [6, 6.07) is 11.6. The highest BCUT2D eigenvalue weighted by molar-refractivity contribution is 5.95. The van der Waals surface area contributed by atoms with Crippen LogP contribution in [0.5, 0.6) is 5.75 Å². The van der Waals surface area contributed by atoms with Gasteiger partial charge >= 0.3 is 5.97 Å². The summed E-state index contributed by atoms with van der Waals surface area (Å²) in [4.78, 5) is 24.9. The molecule has 4 rings (SSSR count). The van der Waals surface area contributed by atoms with Gasteiger partial charge in [0.1, 0.15) is 23.4 Å². The van der Waals surface area contributed by atoms with Gasteiger partial charge in [-0.05, 0) is 23.8 Å². The summed E-state index contributed by atoms with van der Waals surface area (Å²) in [5.41, 5.74) is 4.09. The molecule has 2 N–H and O–H groups in total. The summed E-state index contributed by atoms with van der Waals surface area (Å²) in [5.74, 6) is -2.12. The topological polar surface area (TPSA) is 70.7 Å². The van der Waals surface area contributed by atoms with Crippen LogP contribution in [0.15, 0.2) is 72.3 Å². The zero-order chi connectivity index (χ0) is 21.3. The van der Waals surface area contributed by atoms with Gasteiger partial charge in [-0.1, -0.05) is 30.3 Å². The maximum Gasteiger partial charge on any atom is 0.341 e. The minimum Gasteiger partial charge on any atom is -0.423 e. The molecule has 8 heteroatoms. The van der Waals surface area contributed by atoms with Crippen LogP contribution in [0.4, 0.5) is 8.78 Å². The average molecular weight is 411 g/mol. The third kappa shape index (κ3) is 3.81. The molecule has 6 nitrogen and oxygen atoms in total. The van der Waals surface area contributed by atoms with Gasteiger partial charge in [0, 0.05) is 37.3 Å². The summed E-state index contributed by atoms with van der Waals surface area (Å²) in [6.45, 7) is 0. The Bertz CT molecular complexity index is 1050. The van der Waals surface area contributed by atoms with Crippen LogP contribution in [-0.4, -0.2) is 23.9 Å². The molecule has 0 saturated heterocycles. The van der Waals surface area contributed by atoms with E-state index in [4.69, 9.17) is 4.74 Å². The highest BCUT2D eigenvalue weighted by Crippen LogP contribution is 2.37. The molecule has 2 aromatic rings. The highest BCUT2D eigenvalue weighted by atomic mass is 19.1. The van der Waals surface area contributed by atoms with Gasteiger partial charge < -0.3 is 15.5 Å². The number of hydrazine groups is 1. The minimum absolute atomic E-state index is 0.0286. The van der Waals surface area contributed by atoms with Gasteiger partial charge in [0.15, 0.2) is 0 Å². The fraction of sp³-hybridized carbons (Fsp3) is 0.182. The normalized spacial score (nSPS) is 21.4. The smallest absolute Gasteiger partial charge is 0.341 e. The fourth-order valence-electron chi connectivity index (χ4n) is 3.62. The molecule has 1 amide bonds. The first-order chi connectivity index (χ1) is 14.4. The van der Waals surface area contributed by atoms with E-state index in [0.717, 1.165) is 0 Å². The molecule has 2 aliphatic heterocycles. The molecule has 0 spiro atoms. The number of benzene rings is 2. The number of amides is 1. The van der Waals surface area contributed by atoms with Gasteiger partial charge in [-0.2, -0.15) is 0 Å². The minimum atomic E-state index is -0.734. The van der Waals surface area contributed by atoms with Crippen molar-refractivity contribution >= 4 is 11.9 Å². The van der Waals surface area contributed by atoms with Crippen LogP contribution in [0.25, 0.3) is 0 Å². The van der Waals surface area contributed by atoms with E-state index in [1.807, 2.05) is 0 Å². The summed E-state index contributed by atoms with van der Waals surface area (Å²) in [6.07, 6.45) is 2.59. The lowest BCUT2D eigenvalue weighted by Crippen LogP contribution is -2.32. The quantitative estimate of drug-likeness (QED) is 0.597. The Morgan fingerprint density at radius 1 is 1.10 bits per heavy atom. The summed E-state index contributed by atoms with van der Waals surface area (Å²) < 4.78 is 33.2. The van der Waals surface area contributed by atoms with Crippen LogP contribution in [0.1, 0.15) is 29.5 Å². The zero-order valence-corrected chi connectivity index (χ0v) is 16.1. The number of halogens is 2. The van der Waals surface area contributed by atoms with E-state index in [1.54, 1.807) is 36.3 Å². The van der Waals surface area contributed by atoms with Crippen molar-refractivity contribution in [3.63, 3.8) is 0 Å². The first-order valence-corrected chi connectivity index (χ1v) is 9.34. The van der Waals surface area contributed by atoms with Crippen molar-refractivity contribution in [1.82, 2.24) is 15.8 Å².